The summed E-state index contributed by atoms with van der Waals surface area (Å²) in [5.41, 5.74) is 1.84. The highest BCUT2D eigenvalue weighted by Crippen LogP contribution is 2.43. The van der Waals surface area contributed by atoms with Gasteiger partial charge >= 0.3 is 0 Å². The maximum Gasteiger partial charge on any atom is 0.296 e. The lowest BCUT2D eigenvalue weighted by Crippen LogP contribution is -2.29. The van der Waals surface area contributed by atoms with Crippen molar-refractivity contribution in [3.05, 3.63) is 93.8 Å². The third-order valence-corrected chi connectivity index (χ3v) is 5.71. The van der Waals surface area contributed by atoms with E-state index in [0.29, 0.717) is 11.3 Å². The van der Waals surface area contributed by atoms with Crippen LogP contribution < -0.4 is 4.74 Å². The predicted octanol–water partition coefficient (Wildman–Crippen LogP) is 4.38. The average molecular weight is 465 g/mol. The summed E-state index contributed by atoms with van der Waals surface area (Å²) < 4.78 is 5.37. The molecular formula is C25H21ClN2O5. The van der Waals surface area contributed by atoms with E-state index in [1.165, 1.54) is 24.1 Å². The summed E-state index contributed by atoms with van der Waals surface area (Å²) in [5, 5.41) is 21.6. The number of phenols is 1. The van der Waals surface area contributed by atoms with Gasteiger partial charge in [-0.15, -0.1) is 0 Å². The van der Waals surface area contributed by atoms with Gasteiger partial charge in [0.05, 0.1) is 41.5 Å². The number of carbonyl (C=O) groups is 2. The normalized spacial score (nSPS) is 17.4. The lowest BCUT2D eigenvalue weighted by Gasteiger charge is -2.25. The van der Waals surface area contributed by atoms with Gasteiger partial charge < -0.3 is 19.8 Å². The van der Waals surface area contributed by atoms with Crippen molar-refractivity contribution in [3.63, 3.8) is 0 Å². The number of likely N-dealkylation sites (tertiary alicyclic amines) is 1. The monoisotopic (exact) mass is 464 g/mol. The molecule has 1 saturated heterocycles. The van der Waals surface area contributed by atoms with Crippen LogP contribution in [0.25, 0.3) is 5.76 Å². The number of aryl methyl sites for hydroxylation is 1. The van der Waals surface area contributed by atoms with Gasteiger partial charge in [-0.1, -0.05) is 29.8 Å². The number of aromatic nitrogens is 1. The van der Waals surface area contributed by atoms with Gasteiger partial charge in [-0.25, -0.2) is 0 Å². The van der Waals surface area contributed by atoms with Crippen molar-refractivity contribution >= 4 is 29.1 Å². The Balaban J connectivity index is 1.94. The molecule has 2 N–H and O–H groups in total. The number of amides is 1. The molecular weight excluding hydrogens is 444 g/mol. The highest BCUT2D eigenvalue weighted by Gasteiger charge is 2.46. The summed E-state index contributed by atoms with van der Waals surface area (Å²) in [6.07, 6.45) is 1.59. The molecule has 2 heterocycles. The van der Waals surface area contributed by atoms with Gasteiger partial charge in [0.25, 0.3) is 11.7 Å². The zero-order chi connectivity index (χ0) is 23.7. The molecule has 0 aliphatic carbocycles. The Morgan fingerprint density at radius 2 is 1.94 bits per heavy atom. The van der Waals surface area contributed by atoms with E-state index in [4.69, 9.17) is 16.3 Å². The number of aliphatic hydroxyl groups is 1. The quantitative estimate of drug-likeness (QED) is 0.330. The second-order valence-corrected chi connectivity index (χ2v) is 8.08. The van der Waals surface area contributed by atoms with E-state index in [1.807, 2.05) is 0 Å². The SMILES string of the molecule is COc1c(Cl)cc(C)cc1/C(O)=C1\C(=O)C(=O)N(Cc2ccccn2)C1c1cccc(O)c1. The molecule has 7 nitrogen and oxygen atoms in total. The standard InChI is InChI=1S/C25H21ClN2O5/c1-14-10-18(24(33-2)19(26)11-14)22(30)20-21(15-6-5-8-17(29)12-15)28(25(32)23(20)31)13-16-7-3-4-9-27-16/h3-12,21,29-30H,13H2,1-2H3/b22-20+. The van der Waals surface area contributed by atoms with E-state index in [-0.39, 0.29) is 34.2 Å². The van der Waals surface area contributed by atoms with Gasteiger partial charge in [0.15, 0.2) is 0 Å². The van der Waals surface area contributed by atoms with Crippen molar-refractivity contribution < 1.29 is 24.5 Å². The van der Waals surface area contributed by atoms with Crippen molar-refractivity contribution in [3.8, 4) is 11.5 Å². The molecule has 0 spiro atoms. The molecule has 3 aromatic rings. The molecule has 1 fully saturated rings. The van der Waals surface area contributed by atoms with Crippen molar-refractivity contribution in [2.75, 3.05) is 7.11 Å². The summed E-state index contributed by atoms with van der Waals surface area (Å²) >= 11 is 6.30. The van der Waals surface area contributed by atoms with Crippen LogP contribution in [0.3, 0.4) is 0 Å². The first-order valence-electron chi connectivity index (χ1n) is 10.1. The molecule has 1 aliphatic heterocycles. The molecule has 1 aliphatic rings. The van der Waals surface area contributed by atoms with E-state index in [9.17, 15) is 19.8 Å². The fourth-order valence-corrected chi connectivity index (χ4v) is 4.36. The van der Waals surface area contributed by atoms with E-state index < -0.39 is 23.5 Å². The number of rotatable bonds is 5. The van der Waals surface area contributed by atoms with Crippen LogP contribution in [0.1, 0.15) is 28.4 Å². The van der Waals surface area contributed by atoms with E-state index in [0.717, 1.165) is 5.56 Å². The smallest absolute Gasteiger partial charge is 0.296 e. The van der Waals surface area contributed by atoms with E-state index in [2.05, 4.69) is 4.98 Å². The largest absolute Gasteiger partial charge is 0.508 e. The van der Waals surface area contributed by atoms with Gasteiger partial charge in [0.1, 0.15) is 17.3 Å². The number of pyridine rings is 1. The third kappa shape index (κ3) is 4.15. The molecule has 8 heteroatoms. The van der Waals surface area contributed by atoms with Gasteiger partial charge in [0.2, 0.25) is 0 Å². The molecule has 1 amide bonds. The van der Waals surface area contributed by atoms with Crippen LogP contribution in [0, 0.1) is 6.92 Å². The number of Topliss-reactive ketones (excluding diaryl/α,β-unsaturated/α-hetero) is 1. The predicted molar refractivity (Wildman–Crippen MR) is 123 cm³/mol. The molecule has 4 rings (SSSR count). The van der Waals surface area contributed by atoms with Crippen molar-refractivity contribution in [1.29, 1.82) is 0 Å². The number of benzene rings is 2. The number of aromatic hydroxyl groups is 1. The van der Waals surface area contributed by atoms with E-state index >= 15 is 0 Å². The Morgan fingerprint density at radius 3 is 2.61 bits per heavy atom. The van der Waals surface area contributed by atoms with Crippen LogP contribution in [0.2, 0.25) is 5.02 Å². The Bertz CT molecular complexity index is 1270. The van der Waals surface area contributed by atoms with Crippen LogP contribution in [0.4, 0.5) is 0 Å². The number of ether oxygens (including phenoxy) is 1. The van der Waals surface area contributed by atoms with Gasteiger partial charge in [-0.05, 0) is 54.4 Å². The first-order valence-corrected chi connectivity index (χ1v) is 10.5. The number of ketones is 1. The van der Waals surface area contributed by atoms with Crippen LogP contribution in [0.15, 0.2) is 66.4 Å². The second kappa shape index (κ2) is 8.96. The first-order chi connectivity index (χ1) is 15.8. The van der Waals surface area contributed by atoms with Gasteiger partial charge in [-0.3, -0.25) is 14.6 Å². The third-order valence-electron chi connectivity index (χ3n) is 5.43. The minimum atomic E-state index is -0.955. The summed E-state index contributed by atoms with van der Waals surface area (Å²) in [6.45, 7) is 1.82. The number of hydrogen-bond donors (Lipinski definition) is 2. The lowest BCUT2D eigenvalue weighted by atomic mass is 9.94. The van der Waals surface area contributed by atoms with Gasteiger partial charge in [-0.2, -0.15) is 0 Å². The highest BCUT2D eigenvalue weighted by molar-refractivity contribution is 6.46. The Labute approximate surface area is 195 Å². The summed E-state index contributed by atoms with van der Waals surface area (Å²) in [6, 6.07) is 13.8. The summed E-state index contributed by atoms with van der Waals surface area (Å²) in [7, 11) is 1.40. The number of carbonyl (C=O) groups excluding carboxylic acids is 2. The Morgan fingerprint density at radius 1 is 1.15 bits per heavy atom. The average Bonchev–Trinajstić information content (AvgIpc) is 3.04. The number of aliphatic hydroxyl groups excluding tert-OH is 1. The molecule has 1 aromatic heterocycles. The van der Waals surface area contributed by atoms with Crippen LogP contribution >= 0.6 is 11.6 Å². The molecule has 0 bridgehead atoms. The molecule has 33 heavy (non-hydrogen) atoms. The zero-order valence-corrected chi connectivity index (χ0v) is 18.7. The Hall–Kier alpha value is -3.84. The number of hydrogen-bond acceptors (Lipinski definition) is 6. The maximum atomic E-state index is 13.2. The zero-order valence-electron chi connectivity index (χ0n) is 17.9. The number of methoxy groups -OCH3 is 1. The van der Waals surface area contributed by atoms with Crippen LogP contribution in [-0.2, 0) is 16.1 Å². The van der Waals surface area contributed by atoms with E-state index in [1.54, 1.807) is 55.6 Å². The topological polar surface area (TPSA) is 100.0 Å². The molecule has 0 radical (unpaired) electrons. The number of nitrogens with zero attached hydrogens (tertiary/aromatic N) is 2. The van der Waals surface area contributed by atoms with Crippen molar-refractivity contribution in [2.24, 2.45) is 0 Å². The van der Waals surface area contributed by atoms with Crippen LogP contribution in [0.5, 0.6) is 11.5 Å². The second-order valence-electron chi connectivity index (χ2n) is 7.67. The maximum absolute atomic E-state index is 13.2. The highest BCUT2D eigenvalue weighted by atomic mass is 35.5. The fourth-order valence-electron chi connectivity index (χ4n) is 4.01. The van der Waals surface area contributed by atoms with Crippen molar-refractivity contribution in [1.82, 2.24) is 9.88 Å². The van der Waals surface area contributed by atoms with Crippen LogP contribution in [-0.4, -0.2) is 38.9 Å². The fraction of sp³-hybridized carbons (Fsp3) is 0.160. The minimum Gasteiger partial charge on any atom is -0.508 e. The van der Waals surface area contributed by atoms with Crippen molar-refractivity contribution in [2.45, 2.75) is 19.5 Å². The molecule has 1 atom stereocenters. The minimum absolute atomic E-state index is 0.0351. The molecule has 1 unspecified atom stereocenters. The number of halogens is 1. The lowest BCUT2D eigenvalue weighted by molar-refractivity contribution is -0.140. The van der Waals surface area contributed by atoms with Gasteiger partial charge in [0, 0.05) is 6.20 Å². The number of phenolic OH excluding ortho intramolecular Hbond substituents is 1. The first kappa shape index (κ1) is 22.4. The Kier molecular flexibility index (Phi) is 6.07. The molecule has 0 saturated carbocycles. The molecule has 168 valence electrons. The summed E-state index contributed by atoms with van der Waals surface area (Å²) in [4.78, 5) is 31.9. The molecule has 2 aromatic carbocycles. The summed E-state index contributed by atoms with van der Waals surface area (Å²) in [5.74, 6) is -1.89.